The monoisotopic (exact) mass is 325 g/mol. The molecule has 22 heavy (non-hydrogen) atoms. The van der Waals surface area contributed by atoms with Gasteiger partial charge in [0.05, 0.1) is 5.75 Å². The number of carbonyl (C=O) groups is 2. The number of fused-ring (bicyclic) bond motifs is 1. The van der Waals surface area contributed by atoms with Gasteiger partial charge in [0.25, 0.3) is 0 Å². The molecule has 2 rings (SSSR count). The third-order valence-corrected chi connectivity index (χ3v) is 3.96. The van der Waals surface area contributed by atoms with Crippen molar-refractivity contribution in [2.45, 2.75) is 12.8 Å². The van der Waals surface area contributed by atoms with Crippen LogP contribution in [-0.4, -0.2) is 37.4 Å². The SMILES string of the molecule is CS(=O)(=O)CCCC(=O)Nc1ccc2oc(C(=O)O)cc2c1. The Morgan fingerprint density at radius 2 is 2.00 bits per heavy atom. The second-order valence-corrected chi connectivity index (χ2v) is 7.21. The van der Waals surface area contributed by atoms with Crippen molar-refractivity contribution in [2.75, 3.05) is 17.3 Å². The molecule has 0 spiro atoms. The first kappa shape index (κ1) is 16.0. The Kier molecular flexibility index (Phi) is 4.51. The molecule has 1 aromatic carbocycles. The van der Waals surface area contributed by atoms with E-state index in [2.05, 4.69) is 5.32 Å². The van der Waals surface area contributed by atoms with Gasteiger partial charge in [-0.15, -0.1) is 0 Å². The molecule has 7 nitrogen and oxygen atoms in total. The summed E-state index contributed by atoms with van der Waals surface area (Å²) in [7, 11) is -3.07. The average molecular weight is 325 g/mol. The van der Waals surface area contributed by atoms with Crippen LogP contribution in [0.1, 0.15) is 23.4 Å². The van der Waals surface area contributed by atoms with Crippen molar-refractivity contribution in [3.05, 3.63) is 30.0 Å². The summed E-state index contributed by atoms with van der Waals surface area (Å²) in [5.41, 5.74) is 0.905. The zero-order valence-corrected chi connectivity index (χ0v) is 12.6. The lowest BCUT2D eigenvalue weighted by molar-refractivity contribution is -0.116. The molecule has 0 aliphatic carbocycles. The quantitative estimate of drug-likeness (QED) is 0.838. The summed E-state index contributed by atoms with van der Waals surface area (Å²) < 4.78 is 27.1. The maximum Gasteiger partial charge on any atom is 0.371 e. The number of hydrogen-bond acceptors (Lipinski definition) is 5. The summed E-state index contributed by atoms with van der Waals surface area (Å²) in [6, 6.07) is 6.12. The molecule has 0 atom stereocenters. The van der Waals surface area contributed by atoms with E-state index < -0.39 is 15.8 Å². The molecule has 1 aromatic heterocycles. The molecule has 0 bridgehead atoms. The fraction of sp³-hybridized carbons (Fsp3) is 0.286. The predicted molar refractivity (Wildman–Crippen MR) is 80.7 cm³/mol. The molecule has 0 aliphatic rings. The molecule has 0 saturated carbocycles. The molecule has 0 fully saturated rings. The van der Waals surface area contributed by atoms with Gasteiger partial charge in [0.1, 0.15) is 15.4 Å². The average Bonchev–Trinajstić information content (AvgIpc) is 2.80. The van der Waals surface area contributed by atoms with Crippen LogP contribution in [0.15, 0.2) is 28.7 Å². The number of carboxylic acids is 1. The molecule has 8 heteroatoms. The van der Waals surface area contributed by atoms with Crippen LogP contribution in [0.4, 0.5) is 5.69 Å². The fourth-order valence-electron chi connectivity index (χ4n) is 1.94. The predicted octanol–water partition coefficient (Wildman–Crippen LogP) is 1.89. The topological polar surface area (TPSA) is 114 Å². The molecule has 118 valence electrons. The van der Waals surface area contributed by atoms with E-state index in [4.69, 9.17) is 9.52 Å². The van der Waals surface area contributed by atoms with Crippen LogP contribution in [0.25, 0.3) is 11.0 Å². The van der Waals surface area contributed by atoms with Crippen LogP contribution >= 0.6 is 0 Å². The Labute approximate surface area is 126 Å². The normalized spacial score (nSPS) is 11.5. The maximum absolute atomic E-state index is 11.7. The lowest BCUT2D eigenvalue weighted by atomic mass is 10.2. The van der Waals surface area contributed by atoms with Gasteiger partial charge < -0.3 is 14.8 Å². The minimum absolute atomic E-state index is 0.0385. The van der Waals surface area contributed by atoms with Crippen molar-refractivity contribution in [1.82, 2.24) is 0 Å². The number of amides is 1. The molecule has 1 amide bonds. The van der Waals surface area contributed by atoms with Gasteiger partial charge in [-0.25, -0.2) is 13.2 Å². The van der Waals surface area contributed by atoms with E-state index in [0.717, 1.165) is 6.26 Å². The number of nitrogens with one attached hydrogen (secondary N) is 1. The number of carbonyl (C=O) groups excluding carboxylic acids is 1. The Morgan fingerprint density at radius 1 is 1.27 bits per heavy atom. The summed E-state index contributed by atoms with van der Waals surface area (Å²) in [6.07, 6.45) is 1.47. The van der Waals surface area contributed by atoms with Crippen LogP contribution in [0.3, 0.4) is 0 Å². The van der Waals surface area contributed by atoms with Gasteiger partial charge in [-0.3, -0.25) is 4.79 Å². The van der Waals surface area contributed by atoms with E-state index >= 15 is 0 Å². The van der Waals surface area contributed by atoms with Gasteiger partial charge in [-0.05, 0) is 30.7 Å². The van der Waals surface area contributed by atoms with Crippen molar-refractivity contribution in [3.8, 4) is 0 Å². The molecule has 2 N–H and O–H groups in total. The molecule has 0 radical (unpaired) electrons. The molecule has 0 saturated heterocycles. The van der Waals surface area contributed by atoms with Gasteiger partial charge in [-0.1, -0.05) is 0 Å². The lowest BCUT2D eigenvalue weighted by Gasteiger charge is -2.04. The number of sulfone groups is 1. The summed E-state index contributed by atoms with van der Waals surface area (Å²) >= 11 is 0. The van der Waals surface area contributed by atoms with E-state index in [9.17, 15) is 18.0 Å². The van der Waals surface area contributed by atoms with Crippen LogP contribution in [-0.2, 0) is 14.6 Å². The Balaban J connectivity index is 2.02. The number of furan rings is 1. The highest BCUT2D eigenvalue weighted by atomic mass is 32.2. The highest BCUT2D eigenvalue weighted by Gasteiger charge is 2.11. The number of aromatic carboxylic acids is 1. The van der Waals surface area contributed by atoms with Crippen molar-refractivity contribution in [2.24, 2.45) is 0 Å². The van der Waals surface area contributed by atoms with E-state index in [0.29, 0.717) is 16.7 Å². The minimum Gasteiger partial charge on any atom is -0.475 e. The number of hydrogen-bond donors (Lipinski definition) is 2. The van der Waals surface area contributed by atoms with E-state index in [1.807, 2.05) is 0 Å². The molecular weight excluding hydrogens is 310 g/mol. The largest absolute Gasteiger partial charge is 0.475 e. The Bertz CT molecular complexity index is 821. The molecular formula is C14H15NO6S. The molecule has 1 heterocycles. The van der Waals surface area contributed by atoms with E-state index in [1.54, 1.807) is 18.2 Å². The van der Waals surface area contributed by atoms with Crippen molar-refractivity contribution in [3.63, 3.8) is 0 Å². The number of carboxylic acid groups (broad SMARTS) is 1. The second-order valence-electron chi connectivity index (χ2n) is 4.95. The van der Waals surface area contributed by atoms with Gasteiger partial charge in [0, 0.05) is 23.8 Å². The molecule has 0 aliphatic heterocycles. The zero-order chi connectivity index (χ0) is 16.3. The van der Waals surface area contributed by atoms with Gasteiger partial charge in [-0.2, -0.15) is 0 Å². The smallest absolute Gasteiger partial charge is 0.371 e. The van der Waals surface area contributed by atoms with Crippen molar-refractivity contribution < 1.29 is 27.5 Å². The number of rotatable bonds is 6. The summed E-state index contributed by atoms with van der Waals surface area (Å²) in [6.45, 7) is 0. The van der Waals surface area contributed by atoms with Crippen LogP contribution < -0.4 is 5.32 Å². The third kappa shape index (κ3) is 4.32. The Morgan fingerprint density at radius 3 is 2.64 bits per heavy atom. The first-order valence-electron chi connectivity index (χ1n) is 6.49. The first-order chi connectivity index (χ1) is 10.2. The van der Waals surface area contributed by atoms with Gasteiger partial charge >= 0.3 is 5.97 Å². The van der Waals surface area contributed by atoms with Crippen LogP contribution in [0, 0.1) is 0 Å². The fourth-order valence-corrected chi connectivity index (χ4v) is 2.61. The zero-order valence-electron chi connectivity index (χ0n) is 11.8. The van der Waals surface area contributed by atoms with E-state index in [-0.39, 0.29) is 30.3 Å². The van der Waals surface area contributed by atoms with E-state index in [1.165, 1.54) is 6.07 Å². The standard InChI is InChI=1S/C14H15NO6S/c1-22(19,20)6-2-3-13(16)15-10-4-5-11-9(7-10)8-12(21-11)14(17)18/h4-5,7-8H,2-3,6H2,1H3,(H,15,16)(H,17,18). The second kappa shape index (κ2) is 6.18. The number of anilines is 1. The van der Waals surface area contributed by atoms with Gasteiger partial charge in [0.2, 0.25) is 11.7 Å². The third-order valence-electron chi connectivity index (χ3n) is 2.93. The van der Waals surface area contributed by atoms with Crippen molar-refractivity contribution >= 4 is 38.4 Å². The molecule has 0 unspecified atom stereocenters. The summed E-state index contributed by atoms with van der Waals surface area (Å²) in [4.78, 5) is 22.5. The number of benzene rings is 1. The minimum atomic E-state index is -3.07. The summed E-state index contributed by atoms with van der Waals surface area (Å²) in [5, 5.41) is 12.0. The highest BCUT2D eigenvalue weighted by Crippen LogP contribution is 2.23. The first-order valence-corrected chi connectivity index (χ1v) is 8.55. The summed E-state index contributed by atoms with van der Waals surface area (Å²) in [5.74, 6) is -1.68. The van der Waals surface area contributed by atoms with Crippen LogP contribution in [0.5, 0.6) is 0 Å². The maximum atomic E-state index is 11.7. The van der Waals surface area contributed by atoms with Crippen LogP contribution in [0.2, 0.25) is 0 Å². The van der Waals surface area contributed by atoms with Crippen molar-refractivity contribution in [1.29, 1.82) is 0 Å². The Hall–Kier alpha value is -2.35. The molecule has 2 aromatic rings. The lowest BCUT2D eigenvalue weighted by Crippen LogP contribution is -2.13. The van der Waals surface area contributed by atoms with Gasteiger partial charge in [0.15, 0.2) is 0 Å². The highest BCUT2D eigenvalue weighted by molar-refractivity contribution is 7.90.